The standard InChI is InChI=1S/C12H13FN2O/c1-15-8-9(7-14-15)6-12(16)10-4-2-3-5-11(10)13/h2-5,7-8,12,16H,6H2,1H3. The number of benzene rings is 1. The highest BCUT2D eigenvalue weighted by molar-refractivity contribution is 5.21. The summed E-state index contributed by atoms with van der Waals surface area (Å²) < 4.78 is 15.0. The molecule has 16 heavy (non-hydrogen) atoms. The molecule has 0 spiro atoms. The predicted octanol–water partition coefficient (Wildman–Crippen LogP) is 1.84. The average molecular weight is 220 g/mol. The smallest absolute Gasteiger partial charge is 0.129 e. The highest BCUT2D eigenvalue weighted by Gasteiger charge is 2.13. The van der Waals surface area contributed by atoms with Crippen LogP contribution >= 0.6 is 0 Å². The Kier molecular flexibility index (Phi) is 3.01. The van der Waals surface area contributed by atoms with Crippen LogP contribution in [0.25, 0.3) is 0 Å². The fourth-order valence-corrected chi connectivity index (χ4v) is 1.66. The molecular weight excluding hydrogens is 207 g/mol. The van der Waals surface area contributed by atoms with Crippen LogP contribution in [0.1, 0.15) is 17.2 Å². The third-order valence-electron chi connectivity index (χ3n) is 2.45. The van der Waals surface area contributed by atoms with Gasteiger partial charge in [-0.2, -0.15) is 5.10 Å². The summed E-state index contributed by atoms with van der Waals surface area (Å²) in [5.74, 6) is -0.376. The van der Waals surface area contributed by atoms with Crippen molar-refractivity contribution in [3.05, 3.63) is 53.6 Å². The van der Waals surface area contributed by atoms with Crippen LogP contribution in [0.15, 0.2) is 36.7 Å². The van der Waals surface area contributed by atoms with Crippen LogP contribution in [0.4, 0.5) is 4.39 Å². The van der Waals surface area contributed by atoms with Crippen LogP contribution in [-0.2, 0) is 13.5 Å². The molecule has 0 radical (unpaired) electrons. The predicted molar refractivity (Wildman–Crippen MR) is 58.3 cm³/mol. The molecule has 0 saturated carbocycles. The van der Waals surface area contributed by atoms with E-state index in [9.17, 15) is 9.50 Å². The van der Waals surface area contributed by atoms with Crippen LogP contribution < -0.4 is 0 Å². The second kappa shape index (κ2) is 4.45. The first-order valence-electron chi connectivity index (χ1n) is 5.07. The second-order valence-electron chi connectivity index (χ2n) is 3.76. The normalized spacial score (nSPS) is 12.7. The zero-order valence-corrected chi connectivity index (χ0v) is 8.97. The van der Waals surface area contributed by atoms with E-state index in [1.807, 2.05) is 6.20 Å². The van der Waals surface area contributed by atoms with Gasteiger partial charge in [0.05, 0.1) is 12.3 Å². The molecule has 1 N–H and O–H groups in total. The van der Waals surface area contributed by atoms with Gasteiger partial charge in [-0.05, 0) is 11.6 Å². The number of aromatic nitrogens is 2. The molecule has 1 atom stereocenters. The van der Waals surface area contributed by atoms with Crippen molar-refractivity contribution < 1.29 is 9.50 Å². The van der Waals surface area contributed by atoms with Gasteiger partial charge >= 0.3 is 0 Å². The van der Waals surface area contributed by atoms with E-state index in [1.54, 1.807) is 36.1 Å². The van der Waals surface area contributed by atoms with E-state index < -0.39 is 6.10 Å². The molecule has 0 bridgehead atoms. The topological polar surface area (TPSA) is 38.0 Å². The van der Waals surface area contributed by atoms with Crippen molar-refractivity contribution in [2.45, 2.75) is 12.5 Å². The Morgan fingerprint density at radius 3 is 2.81 bits per heavy atom. The Morgan fingerprint density at radius 2 is 2.19 bits per heavy atom. The van der Waals surface area contributed by atoms with E-state index in [2.05, 4.69) is 5.10 Å². The molecule has 0 aliphatic rings. The summed E-state index contributed by atoms with van der Waals surface area (Å²) in [7, 11) is 1.80. The first kappa shape index (κ1) is 10.8. The minimum Gasteiger partial charge on any atom is -0.388 e. The van der Waals surface area contributed by atoms with Crippen LogP contribution in [0.5, 0.6) is 0 Å². The molecule has 2 rings (SSSR count). The highest BCUT2D eigenvalue weighted by Crippen LogP contribution is 2.20. The molecule has 0 saturated heterocycles. The molecule has 1 aromatic heterocycles. The number of nitrogens with zero attached hydrogens (tertiary/aromatic N) is 2. The van der Waals surface area contributed by atoms with Crippen LogP contribution in [0.3, 0.4) is 0 Å². The van der Waals surface area contributed by atoms with Gasteiger partial charge in [-0.3, -0.25) is 4.68 Å². The minimum absolute atomic E-state index is 0.325. The average Bonchev–Trinajstić information content (AvgIpc) is 2.64. The van der Waals surface area contributed by atoms with Gasteiger partial charge in [0.2, 0.25) is 0 Å². The minimum atomic E-state index is -0.828. The number of aliphatic hydroxyl groups excluding tert-OH is 1. The van der Waals surface area contributed by atoms with Crippen molar-refractivity contribution in [2.24, 2.45) is 7.05 Å². The van der Waals surface area contributed by atoms with E-state index in [-0.39, 0.29) is 5.82 Å². The molecular formula is C12H13FN2O. The molecule has 0 fully saturated rings. The molecule has 84 valence electrons. The molecule has 1 aromatic carbocycles. The summed E-state index contributed by atoms with van der Waals surface area (Å²) in [6, 6.07) is 6.26. The largest absolute Gasteiger partial charge is 0.388 e. The number of halogens is 1. The summed E-state index contributed by atoms with van der Waals surface area (Å²) in [5, 5.41) is 13.9. The van der Waals surface area contributed by atoms with Crippen LogP contribution in [0, 0.1) is 5.82 Å². The number of aliphatic hydroxyl groups is 1. The Hall–Kier alpha value is -1.68. The monoisotopic (exact) mass is 220 g/mol. The quantitative estimate of drug-likeness (QED) is 0.857. The Labute approximate surface area is 93.2 Å². The fraction of sp³-hybridized carbons (Fsp3) is 0.250. The zero-order valence-electron chi connectivity index (χ0n) is 8.97. The first-order valence-corrected chi connectivity index (χ1v) is 5.07. The Morgan fingerprint density at radius 1 is 1.44 bits per heavy atom. The molecule has 3 nitrogen and oxygen atoms in total. The van der Waals surface area contributed by atoms with Gasteiger partial charge in [-0.25, -0.2) is 4.39 Å². The van der Waals surface area contributed by atoms with Crippen molar-refractivity contribution >= 4 is 0 Å². The van der Waals surface area contributed by atoms with Crippen LogP contribution in [-0.4, -0.2) is 14.9 Å². The van der Waals surface area contributed by atoms with Crippen molar-refractivity contribution in [1.82, 2.24) is 9.78 Å². The van der Waals surface area contributed by atoms with E-state index in [1.165, 1.54) is 6.07 Å². The summed E-state index contributed by atoms with van der Waals surface area (Å²) in [6.45, 7) is 0. The summed E-state index contributed by atoms with van der Waals surface area (Å²) in [5.41, 5.74) is 1.21. The Balaban J connectivity index is 2.14. The fourth-order valence-electron chi connectivity index (χ4n) is 1.66. The lowest BCUT2D eigenvalue weighted by atomic mass is 10.0. The lowest BCUT2D eigenvalue weighted by Gasteiger charge is -2.10. The molecule has 4 heteroatoms. The lowest BCUT2D eigenvalue weighted by Crippen LogP contribution is -2.03. The van der Waals surface area contributed by atoms with Crippen molar-refractivity contribution in [3.63, 3.8) is 0 Å². The number of hydrogen-bond acceptors (Lipinski definition) is 2. The second-order valence-corrected chi connectivity index (χ2v) is 3.76. The van der Waals surface area contributed by atoms with E-state index >= 15 is 0 Å². The van der Waals surface area contributed by atoms with Crippen molar-refractivity contribution in [2.75, 3.05) is 0 Å². The maximum atomic E-state index is 13.4. The summed E-state index contributed by atoms with van der Waals surface area (Å²) in [6.07, 6.45) is 3.02. The Bertz CT molecular complexity index is 481. The van der Waals surface area contributed by atoms with Gasteiger partial charge in [-0.15, -0.1) is 0 Å². The summed E-state index contributed by atoms with van der Waals surface area (Å²) >= 11 is 0. The van der Waals surface area contributed by atoms with E-state index in [0.29, 0.717) is 12.0 Å². The first-order chi connectivity index (χ1) is 7.66. The third-order valence-corrected chi connectivity index (χ3v) is 2.45. The molecule has 0 aliphatic heterocycles. The van der Waals surface area contributed by atoms with Crippen LogP contribution in [0.2, 0.25) is 0 Å². The van der Waals surface area contributed by atoms with Gasteiger partial charge < -0.3 is 5.11 Å². The molecule has 1 unspecified atom stereocenters. The molecule has 0 amide bonds. The number of aryl methyl sites for hydroxylation is 1. The van der Waals surface area contributed by atoms with Gasteiger partial charge in [0.25, 0.3) is 0 Å². The molecule has 1 heterocycles. The maximum absolute atomic E-state index is 13.4. The van der Waals surface area contributed by atoms with Crippen molar-refractivity contribution in [3.8, 4) is 0 Å². The maximum Gasteiger partial charge on any atom is 0.129 e. The van der Waals surface area contributed by atoms with Gasteiger partial charge in [0.1, 0.15) is 5.82 Å². The van der Waals surface area contributed by atoms with Crippen molar-refractivity contribution in [1.29, 1.82) is 0 Å². The van der Waals surface area contributed by atoms with Gasteiger partial charge in [-0.1, -0.05) is 18.2 Å². The van der Waals surface area contributed by atoms with E-state index in [4.69, 9.17) is 0 Å². The number of hydrogen-bond donors (Lipinski definition) is 1. The highest BCUT2D eigenvalue weighted by atomic mass is 19.1. The molecule has 0 aliphatic carbocycles. The third kappa shape index (κ3) is 2.28. The molecule has 2 aromatic rings. The number of rotatable bonds is 3. The van der Waals surface area contributed by atoms with E-state index in [0.717, 1.165) is 5.56 Å². The van der Waals surface area contributed by atoms with Gasteiger partial charge in [0, 0.05) is 25.2 Å². The summed E-state index contributed by atoms with van der Waals surface area (Å²) in [4.78, 5) is 0. The SMILES string of the molecule is Cn1cc(CC(O)c2ccccc2F)cn1. The lowest BCUT2D eigenvalue weighted by molar-refractivity contribution is 0.173. The zero-order chi connectivity index (χ0) is 11.5. The van der Waals surface area contributed by atoms with Gasteiger partial charge in [0.15, 0.2) is 0 Å².